The maximum Gasteiger partial charge on any atom is 0.308 e. The van der Waals surface area contributed by atoms with Crippen LogP contribution in [-0.4, -0.2) is 13.1 Å². The third-order valence-electron chi connectivity index (χ3n) is 3.68. The minimum atomic E-state index is -0.0564. The van der Waals surface area contributed by atoms with Crippen LogP contribution in [0.3, 0.4) is 0 Å². The maximum absolute atomic E-state index is 11.5. The minimum absolute atomic E-state index is 0.0564. The molecule has 0 aliphatic heterocycles. The van der Waals surface area contributed by atoms with Crippen molar-refractivity contribution < 1.29 is 9.53 Å². The van der Waals surface area contributed by atoms with Gasteiger partial charge in [0, 0.05) is 3.57 Å². The molecule has 0 spiro atoms. The number of esters is 1. The standard InChI is InChI=1S/C14H16ClIO2/c1-18-14(17)10-4-2-9(3-5-10)11-6-7-12(15)13(16)8-11/h6-10H,2-5H2,1H3. The molecule has 1 aromatic rings. The fourth-order valence-corrected chi connectivity index (χ4v) is 3.25. The Labute approximate surface area is 126 Å². The summed E-state index contributed by atoms with van der Waals surface area (Å²) in [5.74, 6) is 0.591. The van der Waals surface area contributed by atoms with Gasteiger partial charge in [-0.2, -0.15) is 0 Å². The quantitative estimate of drug-likeness (QED) is 0.563. The van der Waals surface area contributed by atoms with Gasteiger partial charge in [0.15, 0.2) is 0 Å². The lowest BCUT2D eigenvalue weighted by atomic mass is 9.79. The van der Waals surface area contributed by atoms with E-state index in [2.05, 4.69) is 34.7 Å². The molecule has 2 rings (SSSR count). The number of carbonyl (C=O) groups is 1. The summed E-state index contributed by atoms with van der Waals surface area (Å²) in [6.45, 7) is 0. The predicted octanol–water partition coefficient (Wildman–Crippen LogP) is 4.39. The number of methoxy groups -OCH3 is 1. The van der Waals surface area contributed by atoms with Crippen LogP contribution in [0.15, 0.2) is 18.2 Å². The number of ether oxygens (including phenoxy) is 1. The Morgan fingerprint density at radius 3 is 2.56 bits per heavy atom. The van der Waals surface area contributed by atoms with Gasteiger partial charge in [0.2, 0.25) is 0 Å². The van der Waals surface area contributed by atoms with Gasteiger partial charge in [-0.3, -0.25) is 4.79 Å². The van der Waals surface area contributed by atoms with E-state index in [0.29, 0.717) is 5.92 Å². The zero-order valence-electron chi connectivity index (χ0n) is 10.3. The minimum Gasteiger partial charge on any atom is -0.469 e. The fourth-order valence-electron chi connectivity index (χ4n) is 2.60. The third kappa shape index (κ3) is 3.18. The first-order valence-electron chi connectivity index (χ1n) is 6.14. The van der Waals surface area contributed by atoms with Crippen LogP contribution in [0.25, 0.3) is 0 Å². The van der Waals surface area contributed by atoms with Gasteiger partial charge in [0.1, 0.15) is 0 Å². The molecule has 0 N–H and O–H groups in total. The second-order valence-corrected chi connectivity index (χ2v) is 6.31. The zero-order valence-corrected chi connectivity index (χ0v) is 13.2. The van der Waals surface area contributed by atoms with E-state index in [1.807, 2.05) is 6.07 Å². The van der Waals surface area contributed by atoms with Crippen LogP contribution in [0.2, 0.25) is 5.02 Å². The van der Waals surface area contributed by atoms with Crippen molar-refractivity contribution >= 4 is 40.2 Å². The van der Waals surface area contributed by atoms with Crippen molar-refractivity contribution in [3.63, 3.8) is 0 Å². The normalized spacial score (nSPS) is 23.7. The lowest BCUT2D eigenvalue weighted by Gasteiger charge is -2.27. The number of benzene rings is 1. The lowest BCUT2D eigenvalue weighted by Crippen LogP contribution is -2.22. The highest BCUT2D eigenvalue weighted by Crippen LogP contribution is 2.37. The largest absolute Gasteiger partial charge is 0.469 e. The highest BCUT2D eigenvalue weighted by molar-refractivity contribution is 14.1. The van der Waals surface area contributed by atoms with Gasteiger partial charge in [-0.15, -0.1) is 0 Å². The average Bonchev–Trinajstić information content (AvgIpc) is 2.41. The van der Waals surface area contributed by atoms with Crippen LogP contribution >= 0.6 is 34.2 Å². The van der Waals surface area contributed by atoms with Gasteiger partial charge in [-0.25, -0.2) is 0 Å². The first kappa shape index (κ1) is 14.1. The van der Waals surface area contributed by atoms with Crippen molar-refractivity contribution in [2.75, 3.05) is 7.11 Å². The molecule has 1 fully saturated rings. The molecule has 18 heavy (non-hydrogen) atoms. The van der Waals surface area contributed by atoms with E-state index in [9.17, 15) is 4.79 Å². The molecule has 0 radical (unpaired) electrons. The second kappa shape index (κ2) is 6.24. The monoisotopic (exact) mass is 378 g/mol. The summed E-state index contributed by atoms with van der Waals surface area (Å²) >= 11 is 8.30. The topological polar surface area (TPSA) is 26.3 Å². The van der Waals surface area contributed by atoms with Gasteiger partial charge < -0.3 is 4.74 Å². The highest BCUT2D eigenvalue weighted by Gasteiger charge is 2.27. The first-order valence-corrected chi connectivity index (χ1v) is 7.60. The number of carbonyl (C=O) groups excluding carboxylic acids is 1. The molecule has 1 aliphatic carbocycles. The van der Waals surface area contributed by atoms with Crippen molar-refractivity contribution in [3.05, 3.63) is 32.4 Å². The van der Waals surface area contributed by atoms with E-state index in [4.69, 9.17) is 16.3 Å². The summed E-state index contributed by atoms with van der Waals surface area (Å²) in [5.41, 5.74) is 1.34. The Hall–Kier alpha value is -0.290. The fraction of sp³-hybridized carbons (Fsp3) is 0.500. The average molecular weight is 379 g/mol. The highest BCUT2D eigenvalue weighted by atomic mass is 127. The molecule has 2 nitrogen and oxygen atoms in total. The Balaban J connectivity index is 2.01. The molecule has 98 valence electrons. The van der Waals surface area contributed by atoms with Crippen molar-refractivity contribution in [1.82, 2.24) is 0 Å². The van der Waals surface area contributed by atoms with E-state index in [1.165, 1.54) is 12.7 Å². The smallest absolute Gasteiger partial charge is 0.308 e. The van der Waals surface area contributed by atoms with Crippen LogP contribution in [-0.2, 0) is 9.53 Å². The Morgan fingerprint density at radius 2 is 2.00 bits per heavy atom. The van der Waals surface area contributed by atoms with Crippen LogP contribution in [0.4, 0.5) is 0 Å². The summed E-state index contributed by atoms with van der Waals surface area (Å²) in [4.78, 5) is 11.5. The molecule has 0 heterocycles. The third-order valence-corrected chi connectivity index (χ3v) is 5.22. The molecule has 0 atom stereocenters. The first-order chi connectivity index (χ1) is 8.61. The number of hydrogen-bond donors (Lipinski definition) is 0. The number of halogens is 2. The van der Waals surface area contributed by atoms with E-state index in [1.54, 1.807) is 0 Å². The van der Waals surface area contributed by atoms with Crippen LogP contribution in [0.1, 0.15) is 37.2 Å². The summed E-state index contributed by atoms with van der Waals surface area (Å²) < 4.78 is 5.91. The van der Waals surface area contributed by atoms with Crippen molar-refractivity contribution in [3.8, 4) is 0 Å². The number of hydrogen-bond acceptors (Lipinski definition) is 2. The van der Waals surface area contributed by atoms with Crippen molar-refractivity contribution in [1.29, 1.82) is 0 Å². The van der Waals surface area contributed by atoms with Crippen molar-refractivity contribution in [2.45, 2.75) is 31.6 Å². The summed E-state index contributed by atoms with van der Waals surface area (Å²) in [5, 5.41) is 0.808. The maximum atomic E-state index is 11.5. The summed E-state index contributed by atoms with van der Waals surface area (Å²) in [7, 11) is 1.47. The molecular formula is C14H16ClIO2. The molecule has 0 amide bonds. The molecule has 4 heteroatoms. The second-order valence-electron chi connectivity index (χ2n) is 4.75. The SMILES string of the molecule is COC(=O)C1CCC(c2ccc(Cl)c(I)c2)CC1. The predicted molar refractivity (Wildman–Crippen MR) is 80.9 cm³/mol. The number of rotatable bonds is 2. The summed E-state index contributed by atoms with van der Waals surface area (Å²) in [6.07, 6.45) is 3.96. The lowest BCUT2D eigenvalue weighted by molar-refractivity contribution is -0.146. The Morgan fingerprint density at radius 1 is 1.33 bits per heavy atom. The van der Waals surface area contributed by atoms with E-state index in [-0.39, 0.29) is 11.9 Å². The van der Waals surface area contributed by atoms with Gasteiger partial charge in [-0.05, 0) is 71.9 Å². The molecule has 0 unspecified atom stereocenters. The molecular weight excluding hydrogens is 363 g/mol. The Kier molecular flexibility index (Phi) is 4.90. The van der Waals surface area contributed by atoms with Crippen molar-refractivity contribution in [2.24, 2.45) is 5.92 Å². The Bertz CT molecular complexity index is 439. The summed E-state index contributed by atoms with van der Waals surface area (Å²) in [6, 6.07) is 6.23. The van der Waals surface area contributed by atoms with Gasteiger partial charge in [0.25, 0.3) is 0 Å². The van der Waals surface area contributed by atoms with Gasteiger partial charge in [0.05, 0.1) is 18.1 Å². The van der Waals surface area contributed by atoms with E-state index < -0.39 is 0 Å². The molecule has 0 aromatic heterocycles. The molecule has 1 aromatic carbocycles. The van der Waals surface area contributed by atoms with Crippen LogP contribution in [0, 0.1) is 9.49 Å². The molecule has 1 aliphatic rings. The zero-order chi connectivity index (χ0) is 13.1. The van der Waals surface area contributed by atoms with Crippen LogP contribution < -0.4 is 0 Å². The molecule has 0 bridgehead atoms. The molecule has 1 saturated carbocycles. The van der Waals surface area contributed by atoms with E-state index in [0.717, 1.165) is 34.3 Å². The molecule has 0 saturated heterocycles. The van der Waals surface area contributed by atoms with E-state index >= 15 is 0 Å². The van der Waals surface area contributed by atoms with Gasteiger partial charge in [-0.1, -0.05) is 17.7 Å². The van der Waals surface area contributed by atoms with Crippen LogP contribution in [0.5, 0.6) is 0 Å². The van der Waals surface area contributed by atoms with Gasteiger partial charge >= 0.3 is 5.97 Å².